The van der Waals surface area contributed by atoms with Crippen molar-refractivity contribution in [3.63, 3.8) is 0 Å². The summed E-state index contributed by atoms with van der Waals surface area (Å²) in [5.74, 6) is 0.168. The van der Waals surface area contributed by atoms with E-state index < -0.39 is 12.6 Å². The molecule has 1 rings (SSSR count). The van der Waals surface area contributed by atoms with Crippen LogP contribution in [0.25, 0.3) is 0 Å². The zero-order valence-electron chi connectivity index (χ0n) is 9.33. The van der Waals surface area contributed by atoms with Crippen LogP contribution in [-0.2, 0) is 6.54 Å². The topological polar surface area (TPSA) is 43.8 Å². The summed E-state index contributed by atoms with van der Waals surface area (Å²) < 4.78 is 37.7. The summed E-state index contributed by atoms with van der Waals surface area (Å²) in [6, 6.07) is -0.282. The third kappa shape index (κ3) is 3.52. The largest absolute Gasteiger partial charge is 0.390 e. The van der Waals surface area contributed by atoms with Gasteiger partial charge in [0.2, 0.25) is 0 Å². The second-order valence-corrected chi connectivity index (χ2v) is 4.15. The fourth-order valence-electron chi connectivity index (χ4n) is 1.38. The molecule has 1 atom stereocenters. The number of rotatable bonds is 4. The van der Waals surface area contributed by atoms with Gasteiger partial charge in [-0.3, -0.25) is 0 Å². The maximum Gasteiger partial charge on any atom is 0.390 e. The molecule has 0 aliphatic carbocycles. The first kappa shape index (κ1) is 13.0. The molecule has 1 heterocycles. The van der Waals surface area contributed by atoms with Crippen LogP contribution < -0.4 is 5.73 Å². The minimum Gasteiger partial charge on any atom is -0.333 e. The maximum atomic E-state index is 12.1. The molecule has 0 aromatic carbocycles. The Morgan fingerprint density at radius 2 is 2.06 bits per heavy atom. The van der Waals surface area contributed by atoms with Crippen LogP contribution in [0, 0.1) is 5.92 Å². The van der Waals surface area contributed by atoms with Gasteiger partial charge >= 0.3 is 6.18 Å². The number of nitrogens with zero attached hydrogens (tertiary/aromatic N) is 2. The average molecular weight is 235 g/mol. The number of aromatic nitrogens is 2. The molecule has 0 aliphatic rings. The quantitative estimate of drug-likeness (QED) is 0.871. The molecule has 3 nitrogen and oxygen atoms in total. The number of nitrogens with two attached hydrogens (primary N) is 1. The van der Waals surface area contributed by atoms with Crippen molar-refractivity contribution in [1.82, 2.24) is 9.55 Å². The first-order chi connectivity index (χ1) is 7.31. The zero-order chi connectivity index (χ0) is 12.3. The van der Waals surface area contributed by atoms with Crippen molar-refractivity contribution in [3.05, 3.63) is 18.2 Å². The van der Waals surface area contributed by atoms with Crippen molar-refractivity contribution in [2.24, 2.45) is 11.7 Å². The standard InChI is InChI=1S/C10H16F3N3/c1-7(2)9(14)8-5-15-6-16(8)4-3-10(11,12)13/h5-7,9H,3-4,14H2,1-2H3. The fourth-order valence-corrected chi connectivity index (χ4v) is 1.38. The minimum atomic E-state index is -4.15. The Labute approximate surface area is 92.5 Å². The molecule has 1 aromatic heterocycles. The van der Waals surface area contributed by atoms with Gasteiger partial charge in [0, 0.05) is 18.8 Å². The zero-order valence-corrected chi connectivity index (χ0v) is 9.33. The van der Waals surface area contributed by atoms with Gasteiger partial charge in [0.25, 0.3) is 0 Å². The summed E-state index contributed by atoms with van der Waals surface area (Å²) in [6.07, 6.45) is -2.09. The fraction of sp³-hybridized carbons (Fsp3) is 0.700. The molecule has 16 heavy (non-hydrogen) atoms. The lowest BCUT2D eigenvalue weighted by Crippen LogP contribution is -2.21. The minimum absolute atomic E-state index is 0.126. The van der Waals surface area contributed by atoms with Crippen LogP contribution in [0.4, 0.5) is 13.2 Å². The van der Waals surface area contributed by atoms with Gasteiger partial charge in [-0.05, 0) is 5.92 Å². The lowest BCUT2D eigenvalue weighted by atomic mass is 10.0. The van der Waals surface area contributed by atoms with Crippen LogP contribution in [-0.4, -0.2) is 15.7 Å². The molecule has 0 fully saturated rings. The van der Waals surface area contributed by atoms with Crippen molar-refractivity contribution < 1.29 is 13.2 Å². The normalized spacial score (nSPS) is 14.4. The summed E-state index contributed by atoms with van der Waals surface area (Å²) in [5, 5.41) is 0. The number of hydrogen-bond acceptors (Lipinski definition) is 2. The highest BCUT2D eigenvalue weighted by Crippen LogP contribution is 2.23. The molecule has 0 saturated carbocycles. The Kier molecular flexibility index (Phi) is 3.96. The Balaban J connectivity index is 2.71. The lowest BCUT2D eigenvalue weighted by Gasteiger charge is -2.18. The Morgan fingerprint density at radius 3 is 2.56 bits per heavy atom. The average Bonchev–Trinajstić information content (AvgIpc) is 2.59. The van der Waals surface area contributed by atoms with E-state index >= 15 is 0 Å². The number of aryl methyl sites for hydroxylation is 1. The summed E-state index contributed by atoms with van der Waals surface area (Å²) >= 11 is 0. The van der Waals surface area contributed by atoms with Crippen molar-refractivity contribution >= 4 is 0 Å². The first-order valence-corrected chi connectivity index (χ1v) is 5.13. The number of hydrogen-bond donors (Lipinski definition) is 1. The molecule has 0 radical (unpaired) electrons. The highest BCUT2D eigenvalue weighted by atomic mass is 19.4. The molecule has 0 aliphatic heterocycles. The van der Waals surface area contributed by atoms with Crippen molar-refractivity contribution in [2.75, 3.05) is 0 Å². The molecule has 0 bridgehead atoms. The summed E-state index contributed by atoms with van der Waals surface area (Å²) in [6.45, 7) is 3.72. The molecular formula is C10H16F3N3. The van der Waals surface area contributed by atoms with E-state index in [2.05, 4.69) is 4.98 Å². The molecule has 0 saturated heterocycles. The molecule has 1 aromatic rings. The van der Waals surface area contributed by atoms with Crippen LogP contribution in [0.1, 0.15) is 32.0 Å². The van der Waals surface area contributed by atoms with Crippen molar-refractivity contribution in [3.8, 4) is 0 Å². The van der Waals surface area contributed by atoms with Crippen LogP contribution in [0.2, 0.25) is 0 Å². The molecule has 0 spiro atoms. The summed E-state index contributed by atoms with van der Waals surface area (Å²) in [4.78, 5) is 3.84. The highest BCUT2D eigenvalue weighted by molar-refractivity contribution is 5.05. The first-order valence-electron chi connectivity index (χ1n) is 5.13. The van der Waals surface area contributed by atoms with E-state index in [9.17, 15) is 13.2 Å². The van der Waals surface area contributed by atoms with Gasteiger partial charge in [-0.2, -0.15) is 13.2 Å². The van der Waals surface area contributed by atoms with Crippen LogP contribution in [0.5, 0.6) is 0 Å². The predicted octanol–water partition coefficient (Wildman–Crippen LogP) is 2.49. The van der Waals surface area contributed by atoms with Gasteiger partial charge in [0.05, 0.1) is 18.4 Å². The van der Waals surface area contributed by atoms with Crippen molar-refractivity contribution in [2.45, 2.75) is 39.0 Å². The number of halogens is 3. The molecular weight excluding hydrogens is 219 g/mol. The van der Waals surface area contributed by atoms with E-state index in [-0.39, 0.29) is 18.5 Å². The van der Waals surface area contributed by atoms with E-state index in [1.165, 1.54) is 17.1 Å². The molecule has 6 heteroatoms. The third-order valence-electron chi connectivity index (χ3n) is 2.44. The van der Waals surface area contributed by atoms with Crippen molar-refractivity contribution in [1.29, 1.82) is 0 Å². The van der Waals surface area contributed by atoms with E-state index in [0.29, 0.717) is 5.69 Å². The van der Waals surface area contributed by atoms with Crippen LogP contribution >= 0.6 is 0 Å². The Hall–Kier alpha value is -1.04. The summed E-state index contributed by atoms with van der Waals surface area (Å²) in [7, 11) is 0. The molecule has 92 valence electrons. The second-order valence-electron chi connectivity index (χ2n) is 4.15. The highest BCUT2D eigenvalue weighted by Gasteiger charge is 2.27. The summed E-state index contributed by atoms with van der Waals surface area (Å²) in [5.41, 5.74) is 6.53. The molecule has 2 N–H and O–H groups in total. The van der Waals surface area contributed by atoms with Crippen LogP contribution in [0.3, 0.4) is 0 Å². The predicted molar refractivity (Wildman–Crippen MR) is 54.7 cm³/mol. The molecule has 1 unspecified atom stereocenters. The van der Waals surface area contributed by atoms with E-state index in [4.69, 9.17) is 5.73 Å². The van der Waals surface area contributed by atoms with Gasteiger partial charge in [-0.25, -0.2) is 4.98 Å². The van der Waals surface area contributed by atoms with Gasteiger partial charge in [-0.1, -0.05) is 13.8 Å². The van der Waals surface area contributed by atoms with Gasteiger partial charge in [0.15, 0.2) is 0 Å². The van der Waals surface area contributed by atoms with Gasteiger partial charge in [-0.15, -0.1) is 0 Å². The van der Waals surface area contributed by atoms with Gasteiger partial charge < -0.3 is 10.3 Å². The third-order valence-corrected chi connectivity index (χ3v) is 2.44. The smallest absolute Gasteiger partial charge is 0.333 e. The number of alkyl halides is 3. The SMILES string of the molecule is CC(C)C(N)c1cncn1CCC(F)(F)F. The van der Waals surface area contributed by atoms with E-state index in [1.807, 2.05) is 13.8 Å². The van der Waals surface area contributed by atoms with E-state index in [1.54, 1.807) is 0 Å². The van der Waals surface area contributed by atoms with Crippen LogP contribution in [0.15, 0.2) is 12.5 Å². The second kappa shape index (κ2) is 4.86. The lowest BCUT2D eigenvalue weighted by molar-refractivity contribution is -0.136. The molecule has 0 amide bonds. The maximum absolute atomic E-state index is 12.1. The monoisotopic (exact) mass is 235 g/mol. The number of imidazole rings is 1. The Bertz CT molecular complexity index is 330. The van der Waals surface area contributed by atoms with Gasteiger partial charge in [0.1, 0.15) is 0 Å². The Morgan fingerprint density at radius 1 is 1.44 bits per heavy atom. The van der Waals surface area contributed by atoms with E-state index in [0.717, 1.165) is 0 Å².